The molecule has 12 heavy (non-hydrogen) atoms. The van der Waals surface area contributed by atoms with E-state index in [0.29, 0.717) is 24.0 Å². The van der Waals surface area contributed by atoms with Crippen LogP contribution in [0.4, 0.5) is 0 Å². The van der Waals surface area contributed by atoms with E-state index >= 15 is 0 Å². The van der Waals surface area contributed by atoms with Gasteiger partial charge in [0.05, 0.1) is 13.2 Å². The van der Waals surface area contributed by atoms with Crippen molar-refractivity contribution in [3.63, 3.8) is 0 Å². The van der Waals surface area contributed by atoms with E-state index < -0.39 is 0 Å². The van der Waals surface area contributed by atoms with Crippen molar-refractivity contribution in [2.24, 2.45) is 16.6 Å². The predicted octanol–water partition coefficient (Wildman–Crippen LogP) is 1.79. The smallest absolute Gasteiger partial charge is 0.0589 e. The van der Waals surface area contributed by atoms with Crippen LogP contribution >= 0.6 is 0 Å². The van der Waals surface area contributed by atoms with Crippen molar-refractivity contribution in [3.05, 3.63) is 0 Å². The van der Waals surface area contributed by atoms with E-state index in [-0.39, 0.29) is 0 Å². The first-order valence-electron chi connectivity index (χ1n) is 4.80. The van der Waals surface area contributed by atoms with E-state index in [0.717, 1.165) is 6.61 Å². The lowest BCUT2D eigenvalue weighted by atomic mass is 9.78. The molecule has 0 unspecified atom stereocenters. The monoisotopic (exact) mass is 171 g/mol. The molecule has 1 aliphatic rings. The summed E-state index contributed by atoms with van der Waals surface area (Å²) in [7, 11) is 0. The highest BCUT2D eigenvalue weighted by molar-refractivity contribution is 5.01. The maximum absolute atomic E-state index is 5.51. The molecule has 0 aromatic rings. The van der Waals surface area contributed by atoms with Crippen LogP contribution in [0.3, 0.4) is 0 Å². The van der Waals surface area contributed by atoms with Crippen molar-refractivity contribution in [1.82, 2.24) is 0 Å². The summed E-state index contributed by atoms with van der Waals surface area (Å²) in [6.45, 7) is 9.13. The zero-order valence-corrected chi connectivity index (χ0v) is 8.52. The van der Waals surface area contributed by atoms with Crippen LogP contribution in [-0.2, 0) is 4.74 Å². The van der Waals surface area contributed by atoms with Gasteiger partial charge in [-0.3, -0.25) is 0 Å². The van der Waals surface area contributed by atoms with Gasteiger partial charge < -0.3 is 10.5 Å². The van der Waals surface area contributed by atoms with Gasteiger partial charge in [-0.25, -0.2) is 0 Å². The highest BCUT2D eigenvalue weighted by Crippen LogP contribution is 2.58. The van der Waals surface area contributed by atoms with E-state index in [4.69, 9.17) is 10.5 Å². The summed E-state index contributed by atoms with van der Waals surface area (Å²) >= 11 is 0. The molecule has 0 spiro atoms. The Morgan fingerprint density at radius 3 is 2.25 bits per heavy atom. The Labute approximate surface area is 75.5 Å². The first kappa shape index (κ1) is 10.0. The molecule has 0 radical (unpaired) electrons. The molecule has 1 aliphatic carbocycles. The second-order valence-corrected chi connectivity index (χ2v) is 4.87. The van der Waals surface area contributed by atoms with Crippen LogP contribution in [0.5, 0.6) is 0 Å². The third-order valence-electron chi connectivity index (χ3n) is 3.09. The van der Waals surface area contributed by atoms with Crippen LogP contribution in [0, 0.1) is 10.8 Å². The number of rotatable bonds is 4. The molecular weight excluding hydrogens is 150 g/mol. The van der Waals surface area contributed by atoms with Crippen molar-refractivity contribution >= 4 is 0 Å². The Hall–Kier alpha value is -0.0800. The Balaban J connectivity index is 2.30. The van der Waals surface area contributed by atoms with Gasteiger partial charge in [-0.15, -0.1) is 0 Å². The van der Waals surface area contributed by atoms with E-state index in [1.54, 1.807) is 0 Å². The van der Waals surface area contributed by atoms with Crippen LogP contribution in [0.25, 0.3) is 0 Å². The van der Waals surface area contributed by atoms with Crippen molar-refractivity contribution < 1.29 is 4.74 Å². The number of hydrogen-bond donors (Lipinski definition) is 1. The third-order valence-corrected chi connectivity index (χ3v) is 3.09. The van der Waals surface area contributed by atoms with Gasteiger partial charge in [0.1, 0.15) is 0 Å². The Morgan fingerprint density at radius 2 is 1.92 bits per heavy atom. The average molecular weight is 171 g/mol. The predicted molar refractivity (Wildman–Crippen MR) is 51.0 cm³/mol. The largest absolute Gasteiger partial charge is 0.380 e. The lowest BCUT2D eigenvalue weighted by Gasteiger charge is -2.30. The molecule has 0 aromatic heterocycles. The van der Waals surface area contributed by atoms with Crippen LogP contribution in [0.2, 0.25) is 0 Å². The van der Waals surface area contributed by atoms with Gasteiger partial charge >= 0.3 is 0 Å². The Bertz CT molecular complexity index is 144. The molecule has 1 fully saturated rings. The minimum Gasteiger partial charge on any atom is -0.380 e. The highest BCUT2D eigenvalue weighted by atomic mass is 16.5. The molecule has 0 saturated heterocycles. The van der Waals surface area contributed by atoms with E-state index in [1.165, 1.54) is 12.8 Å². The SMILES string of the molecule is CC(C)(C)C1(COCCN)CC1. The number of hydrogen-bond acceptors (Lipinski definition) is 2. The van der Waals surface area contributed by atoms with Crippen LogP contribution in [0.1, 0.15) is 33.6 Å². The molecule has 1 rings (SSSR count). The highest BCUT2D eigenvalue weighted by Gasteiger charge is 2.51. The average Bonchev–Trinajstić information content (AvgIpc) is 2.67. The molecule has 72 valence electrons. The van der Waals surface area contributed by atoms with Crippen molar-refractivity contribution in [3.8, 4) is 0 Å². The van der Waals surface area contributed by atoms with Gasteiger partial charge in [0, 0.05) is 6.54 Å². The van der Waals surface area contributed by atoms with E-state index in [2.05, 4.69) is 20.8 Å². The second kappa shape index (κ2) is 3.35. The fourth-order valence-electron chi connectivity index (χ4n) is 1.61. The summed E-state index contributed by atoms with van der Waals surface area (Å²) in [5.74, 6) is 0. The van der Waals surface area contributed by atoms with Gasteiger partial charge in [0.25, 0.3) is 0 Å². The minimum atomic E-state index is 0.390. The van der Waals surface area contributed by atoms with Gasteiger partial charge in [0.15, 0.2) is 0 Å². The Morgan fingerprint density at radius 1 is 1.33 bits per heavy atom. The summed E-state index contributed by atoms with van der Waals surface area (Å²) < 4.78 is 5.51. The van der Waals surface area contributed by atoms with E-state index in [9.17, 15) is 0 Å². The van der Waals surface area contributed by atoms with Gasteiger partial charge in [0.2, 0.25) is 0 Å². The lowest BCUT2D eigenvalue weighted by Crippen LogP contribution is -2.28. The summed E-state index contributed by atoms with van der Waals surface area (Å²) in [4.78, 5) is 0. The molecule has 2 nitrogen and oxygen atoms in total. The topological polar surface area (TPSA) is 35.2 Å². The molecule has 0 heterocycles. The molecule has 0 atom stereocenters. The summed E-state index contributed by atoms with van der Waals surface area (Å²) in [6.07, 6.45) is 2.64. The number of nitrogens with two attached hydrogens (primary N) is 1. The van der Waals surface area contributed by atoms with E-state index in [1.807, 2.05) is 0 Å². The minimum absolute atomic E-state index is 0.390. The molecule has 0 aliphatic heterocycles. The molecule has 0 aromatic carbocycles. The molecule has 0 bridgehead atoms. The fourth-order valence-corrected chi connectivity index (χ4v) is 1.61. The van der Waals surface area contributed by atoms with Gasteiger partial charge in [-0.1, -0.05) is 20.8 Å². The second-order valence-electron chi connectivity index (χ2n) is 4.87. The maximum atomic E-state index is 5.51. The van der Waals surface area contributed by atoms with Crippen LogP contribution < -0.4 is 5.73 Å². The molecule has 1 saturated carbocycles. The maximum Gasteiger partial charge on any atom is 0.0589 e. The lowest BCUT2D eigenvalue weighted by molar-refractivity contribution is 0.0443. The van der Waals surface area contributed by atoms with Crippen molar-refractivity contribution in [1.29, 1.82) is 0 Å². The quantitative estimate of drug-likeness (QED) is 0.654. The summed E-state index contributed by atoms with van der Waals surface area (Å²) in [6, 6.07) is 0. The normalized spacial score (nSPS) is 21.0. The van der Waals surface area contributed by atoms with Gasteiger partial charge in [-0.05, 0) is 23.7 Å². The zero-order valence-electron chi connectivity index (χ0n) is 8.52. The fraction of sp³-hybridized carbons (Fsp3) is 1.00. The summed E-state index contributed by atoms with van der Waals surface area (Å²) in [5, 5.41) is 0. The Kier molecular flexibility index (Phi) is 2.79. The van der Waals surface area contributed by atoms with Crippen LogP contribution in [-0.4, -0.2) is 19.8 Å². The molecule has 2 heteroatoms. The molecular formula is C10H21NO. The first-order chi connectivity index (χ1) is 5.52. The molecule has 0 amide bonds. The van der Waals surface area contributed by atoms with Crippen molar-refractivity contribution in [2.45, 2.75) is 33.6 Å². The molecule has 2 N–H and O–H groups in total. The number of ether oxygens (including phenoxy) is 1. The van der Waals surface area contributed by atoms with Crippen LogP contribution in [0.15, 0.2) is 0 Å². The summed E-state index contributed by atoms with van der Waals surface area (Å²) in [5.41, 5.74) is 6.21. The first-order valence-corrected chi connectivity index (χ1v) is 4.80. The standard InChI is InChI=1S/C10H21NO/c1-9(2,3)10(4-5-10)8-12-7-6-11/h4-8,11H2,1-3H3. The zero-order chi connectivity index (χ0) is 9.24. The van der Waals surface area contributed by atoms with Crippen molar-refractivity contribution in [2.75, 3.05) is 19.8 Å². The third kappa shape index (κ3) is 1.99. The van der Waals surface area contributed by atoms with Gasteiger partial charge in [-0.2, -0.15) is 0 Å².